The van der Waals surface area contributed by atoms with Gasteiger partial charge in [0.05, 0.1) is 4.90 Å². The van der Waals surface area contributed by atoms with Crippen LogP contribution in [0.5, 0.6) is 0 Å². The zero-order chi connectivity index (χ0) is 25.4. The molecule has 0 spiro atoms. The van der Waals surface area contributed by atoms with Crippen LogP contribution in [0.2, 0.25) is 0 Å². The highest BCUT2D eigenvalue weighted by Crippen LogP contribution is 2.32. The Bertz CT molecular complexity index is 1650. The minimum Gasteiger partial charge on any atom is -0.430 e. The van der Waals surface area contributed by atoms with Crippen LogP contribution in [0.4, 0.5) is 5.82 Å². The fraction of sp³-hybridized carbons (Fsp3) is 0.179. The first-order valence-corrected chi connectivity index (χ1v) is 13.5. The quantitative estimate of drug-likeness (QED) is 0.336. The molecule has 1 fully saturated rings. The number of fused-ring (bicyclic) bond motifs is 1. The standard InChI is InChI=1S/C28H25N5O3S/c1-20-12-14-22(15-13-20)28-31-26-24(36-28)27(30-25(29-26)21-8-4-2-5-9-21)32-16-18-33(19-17-32)37(34,35)23-10-6-3-7-11-23/h2-15H,16-19H2,1H3. The molecule has 1 aliphatic heterocycles. The topological polar surface area (TPSA) is 92.4 Å². The van der Waals surface area contributed by atoms with E-state index in [9.17, 15) is 8.42 Å². The van der Waals surface area contributed by atoms with E-state index in [1.165, 1.54) is 4.31 Å². The van der Waals surface area contributed by atoms with Crippen LogP contribution < -0.4 is 4.90 Å². The Morgan fingerprint density at radius 1 is 0.730 bits per heavy atom. The first kappa shape index (κ1) is 23.3. The second-order valence-corrected chi connectivity index (χ2v) is 10.9. The number of benzene rings is 3. The van der Waals surface area contributed by atoms with Crippen molar-refractivity contribution >= 4 is 27.1 Å². The number of aryl methyl sites for hydroxylation is 1. The molecule has 0 N–H and O–H groups in total. The number of sulfonamides is 1. The summed E-state index contributed by atoms with van der Waals surface area (Å²) in [5.74, 6) is 1.64. The second kappa shape index (κ2) is 9.42. The van der Waals surface area contributed by atoms with Crippen LogP contribution in [0.15, 0.2) is 94.2 Å². The molecule has 0 aliphatic carbocycles. The second-order valence-electron chi connectivity index (χ2n) is 8.98. The van der Waals surface area contributed by atoms with Crippen molar-refractivity contribution in [3.05, 3.63) is 90.5 Å². The van der Waals surface area contributed by atoms with Crippen LogP contribution in [0, 0.1) is 6.92 Å². The highest BCUT2D eigenvalue weighted by atomic mass is 32.2. The molecule has 8 nitrogen and oxygen atoms in total. The molecule has 6 rings (SSSR count). The van der Waals surface area contributed by atoms with Gasteiger partial charge < -0.3 is 9.32 Å². The monoisotopic (exact) mass is 511 g/mol. The van der Waals surface area contributed by atoms with Crippen molar-refractivity contribution in [1.82, 2.24) is 19.3 Å². The number of nitrogens with zero attached hydrogens (tertiary/aromatic N) is 5. The van der Waals surface area contributed by atoms with Crippen LogP contribution in [0.3, 0.4) is 0 Å². The van der Waals surface area contributed by atoms with Gasteiger partial charge in [-0.25, -0.2) is 18.4 Å². The SMILES string of the molecule is Cc1ccc(-c2nc3nc(-c4ccccc4)nc(N4CCN(S(=O)(=O)c5ccccc5)CC4)c3o2)cc1. The molecule has 186 valence electrons. The molecule has 9 heteroatoms. The Hall–Kier alpha value is -4.08. The van der Waals surface area contributed by atoms with E-state index in [1.807, 2.05) is 67.6 Å². The fourth-order valence-corrected chi connectivity index (χ4v) is 5.89. The highest BCUT2D eigenvalue weighted by Gasteiger charge is 2.30. The smallest absolute Gasteiger partial charge is 0.243 e. The lowest BCUT2D eigenvalue weighted by atomic mass is 10.1. The molecule has 5 aromatic rings. The first-order valence-electron chi connectivity index (χ1n) is 12.1. The zero-order valence-corrected chi connectivity index (χ0v) is 21.1. The maximum absolute atomic E-state index is 13.1. The van der Waals surface area contributed by atoms with E-state index in [4.69, 9.17) is 19.4 Å². The van der Waals surface area contributed by atoms with Crippen molar-refractivity contribution in [3.63, 3.8) is 0 Å². The van der Waals surface area contributed by atoms with Crippen LogP contribution >= 0.6 is 0 Å². The van der Waals surface area contributed by atoms with Crippen molar-refractivity contribution in [2.24, 2.45) is 0 Å². The Balaban J connectivity index is 1.37. The van der Waals surface area contributed by atoms with Gasteiger partial charge in [-0.05, 0) is 31.2 Å². The van der Waals surface area contributed by atoms with Gasteiger partial charge in [0.2, 0.25) is 27.1 Å². The summed E-state index contributed by atoms with van der Waals surface area (Å²) >= 11 is 0. The molecule has 37 heavy (non-hydrogen) atoms. The summed E-state index contributed by atoms with van der Waals surface area (Å²) in [6.45, 7) is 3.63. The van der Waals surface area contributed by atoms with E-state index in [2.05, 4.69) is 4.90 Å². The van der Waals surface area contributed by atoms with Gasteiger partial charge in [0.25, 0.3) is 0 Å². The minimum atomic E-state index is -3.56. The van der Waals surface area contributed by atoms with Crippen molar-refractivity contribution in [1.29, 1.82) is 0 Å². The first-order chi connectivity index (χ1) is 18.0. The van der Waals surface area contributed by atoms with Crippen molar-refractivity contribution in [2.45, 2.75) is 11.8 Å². The van der Waals surface area contributed by atoms with Crippen molar-refractivity contribution < 1.29 is 12.8 Å². The van der Waals surface area contributed by atoms with Crippen LogP contribution in [-0.2, 0) is 10.0 Å². The minimum absolute atomic E-state index is 0.303. The van der Waals surface area contributed by atoms with Crippen molar-refractivity contribution in [2.75, 3.05) is 31.1 Å². The molecule has 0 unspecified atom stereocenters. The average Bonchev–Trinajstić information content (AvgIpc) is 3.38. The van der Waals surface area contributed by atoms with Gasteiger partial charge >= 0.3 is 0 Å². The van der Waals surface area contributed by atoms with Gasteiger partial charge in [-0.1, -0.05) is 66.2 Å². The molecule has 0 amide bonds. The number of anilines is 1. The summed E-state index contributed by atoms with van der Waals surface area (Å²) in [7, 11) is -3.56. The molecule has 0 radical (unpaired) electrons. The molecule has 2 aromatic heterocycles. The van der Waals surface area contributed by atoms with E-state index in [1.54, 1.807) is 24.3 Å². The summed E-state index contributed by atoms with van der Waals surface area (Å²) in [5, 5.41) is 0. The van der Waals surface area contributed by atoms with Crippen LogP contribution in [0.1, 0.15) is 5.56 Å². The van der Waals surface area contributed by atoms with E-state index in [0.29, 0.717) is 59.8 Å². The fourth-order valence-electron chi connectivity index (χ4n) is 4.44. The summed E-state index contributed by atoms with van der Waals surface area (Å²) < 4.78 is 34.0. The predicted octanol–water partition coefficient (Wildman–Crippen LogP) is 4.77. The lowest BCUT2D eigenvalue weighted by Gasteiger charge is -2.34. The number of hydrogen-bond donors (Lipinski definition) is 0. The Morgan fingerprint density at radius 2 is 1.38 bits per heavy atom. The van der Waals surface area contributed by atoms with Gasteiger partial charge in [0, 0.05) is 37.3 Å². The van der Waals surface area contributed by atoms with Gasteiger partial charge in [-0.3, -0.25) is 0 Å². The van der Waals surface area contributed by atoms with Gasteiger partial charge in [0.1, 0.15) is 0 Å². The number of hydrogen-bond acceptors (Lipinski definition) is 7. The van der Waals surface area contributed by atoms with Gasteiger partial charge in [-0.2, -0.15) is 9.29 Å². The number of piperazine rings is 1. The van der Waals surface area contributed by atoms with E-state index in [0.717, 1.165) is 16.7 Å². The number of aromatic nitrogens is 3. The molecule has 3 aromatic carbocycles. The normalized spacial score (nSPS) is 14.8. The van der Waals surface area contributed by atoms with Crippen LogP contribution in [0.25, 0.3) is 34.1 Å². The molecule has 1 saturated heterocycles. The summed E-state index contributed by atoms with van der Waals surface area (Å²) in [6.07, 6.45) is 0. The average molecular weight is 512 g/mol. The van der Waals surface area contributed by atoms with E-state index < -0.39 is 10.0 Å². The maximum atomic E-state index is 13.1. The largest absolute Gasteiger partial charge is 0.430 e. The molecule has 0 saturated carbocycles. The summed E-state index contributed by atoms with van der Waals surface area (Å²) in [4.78, 5) is 16.6. The summed E-state index contributed by atoms with van der Waals surface area (Å²) in [5.41, 5.74) is 3.84. The molecular formula is C28H25N5O3S. The molecule has 3 heterocycles. The lowest BCUT2D eigenvalue weighted by molar-refractivity contribution is 0.383. The summed E-state index contributed by atoms with van der Waals surface area (Å²) in [6, 6.07) is 26.2. The maximum Gasteiger partial charge on any atom is 0.243 e. The Labute approximate surface area is 215 Å². The molecule has 0 bridgehead atoms. The predicted molar refractivity (Wildman–Crippen MR) is 143 cm³/mol. The van der Waals surface area contributed by atoms with E-state index in [-0.39, 0.29) is 0 Å². The van der Waals surface area contributed by atoms with Gasteiger partial charge in [-0.15, -0.1) is 0 Å². The molecule has 1 aliphatic rings. The third-order valence-corrected chi connectivity index (χ3v) is 8.40. The van der Waals surface area contributed by atoms with Crippen molar-refractivity contribution in [3.8, 4) is 22.8 Å². The number of oxazole rings is 1. The van der Waals surface area contributed by atoms with Crippen LogP contribution in [-0.4, -0.2) is 53.9 Å². The Morgan fingerprint density at radius 3 is 2.05 bits per heavy atom. The molecular weight excluding hydrogens is 486 g/mol. The van der Waals surface area contributed by atoms with Gasteiger partial charge in [0.15, 0.2) is 11.6 Å². The van der Waals surface area contributed by atoms with E-state index >= 15 is 0 Å². The highest BCUT2D eigenvalue weighted by molar-refractivity contribution is 7.89. The third kappa shape index (κ3) is 4.47. The molecule has 0 atom stereocenters. The third-order valence-electron chi connectivity index (χ3n) is 6.49. The lowest BCUT2D eigenvalue weighted by Crippen LogP contribution is -2.49. The number of rotatable bonds is 5. The zero-order valence-electron chi connectivity index (χ0n) is 20.3. The Kier molecular flexibility index (Phi) is 5.94.